The Morgan fingerprint density at radius 2 is 1.56 bits per heavy atom. The summed E-state index contributed by atoms with van der Waals surface area (Å²) in [5, 5.41) is 15.7. The molecule has 0 radical (unpaired) electrons. The van der Waals surface area contributed by atoms with Crippen LogP contribution in [0, 0.1) is 15.9 Å². The van der Waals surface area contributed by atoms with Crippen LogP contribution >= 0.6 is 0 Å². The molecule has 4 aromatic rings. The molecule has 5 rings (SSSR count). The lowest BCUT2D eigenvalue weighted by Crippen LogP contribution is -2.49. The number of benzene rings is 2. The number of rotatable bonds is 5. The SMILES string of the molecule is O=C(c1cnn(-c2ccccc2F)c1-n1cccc1)N1CCN(c2ccccc2[N+](=O)[O-])CC1. The zero-order chi connectivity index (χ0) is 23.7. The number of hydrogen-bond donors (Lipinski definition) is 0. The smallest absolute Gasteiger partial charge is 0.292 e. The van der Waals surface area contributed by atoms with Gasteiger partial charge in [0.25, 0.3) is 11.6 Å². The zero-order valence-corrected chi connectivity index (χ0v) is 18.1. The van der Waals surface area contributed by atoms with Crippen molar-refractivity contribution >= 4 is 17.3 Å². The van der Waals surface area contributed by atoms with Gasteiger partial charge in [-0.25, -0.2) is 9.07 Å². The molecule has 9 nitrogen and oxygen atoms in total. The first-order valence-electron chi connectivity index (χ1n) is 10.8. The second kappa shape index (κ2) is 8.81. The van der Waals surface area contributed by atoms with E-state index in [1.54, 1.807) is 58.3 Å². The van der Waals surface area contributed by atoms with Crippen LogP contribution in [0.25, 0.3) is 11.5 Å². The molecule has 3 heterocycles. The zero-order valence-electron chi connectivity index (χ0n) is 18.1. The molecule has 0 spiro atoms. The van der Waals surface area contributed by atoms with Gasteiger partial charge in [0.1, 0.15) is 22.8 Å². The Hall–Kier alpha value is -4.47. The Morgan fingerprint density at radius 1 is 0.912 bits per heavy atom. The number of nitro benzene ring substituents is 1. The van der Waals surface area contributed by atoms with Gasteiger partial charge in [-0.1, -0.05) is 24.3 Å². The fourth-order valence-electron chi connectivity index (χ4n) is 4.22. The van der Waals surface area contributed by atoms with Gasteiger partial charge in [0, 0.05) is 44.6 Å². The second-order valence-corrected chi connectivity index (χ2v) is 7.86. The molecule has 34 heavy (non-hydrogen) atoms. The fraction of sp³-hybridized carbons (Fsp3) is 0.167. The predicted molar refractivity (Wildman–Crippen MR) is 124 cm³/mol. The van der Waals surface area contributed by atoms with Crippen molar-refractivity contribution < 1.29 is 14.1 Å². The summed E-state index contributed by atoms with van der Waals surface area (Å²) in [4.78, 5) is 28.1. The molecule has 0 aliphatic carbocycles. The maximum Gasteiger partial charge on any atom is 0.292 e. The van der Waals surface area contributed by atoms with E-state index in [0.717, 1.165) is 0 Å². The first-order valence-corrected chi connectivity index (χ1v) is 10.8. The molecule has 0 bridgehead atoms. The van der Waals surface area contributed by atoms with Crippen molar-refractivity contribution in [2.24, 2.45) is 0 Å². The van der Waals surface area contributed by atoms with E-state index in [4.69, 9.17) is 0 Å². The third-order valence-electron chi connectivity index (χ3n) is 5.89. The number of anilines is 1. The van der Waals surface area contributed by atoms with Crippen molar-refractivity contribution in [3.05, 3.63) is 101 Å². The minimum absolute atomic E-state index is 0.0448. The van der Waals surface area contributed by atoms with E-state index in [1.165, 1.54) is 23.0 Å². The largest absolute Gasteiger partial charge is 0.362 e. The summed E-state index contributed by atoms with van der Waals surface area (Å²) in [6.07, 6.45) is 5.01. The van der Waals surface area contributed by atoms with Gasteiger partial charge < -0.3 is 14.4 Å². The molecule has 2 aromatic heterocycles. The number of hydrogen-bond acceptors (Lipinski definition) is 5. The molecule has 1 fully saturated rings. The number of nitrogens with zero attached hydrogens (tertiary/aromatic N) is 6. The number of para-hydroxylation sites is 3. The molecule has 0 N–H and O–H groups in total. The van der Waals surface area contributed by atoms with Gasteiger partial charge in [-0.05, 0) is 30.3 Å². The molecule has 1 amide bonds. The highest BCUT2D eigenvalue weighted by molar-refractivity contribution is 5.97. The third kappa shape index (κ3) is 3.79. The average molecular weight is 460 g/mol. The Labute approximate surface area is 194 Å². The fourth-order valence-corrected chi connectivity index (χ4v) is 4.22. The van der Waals surface area contributed by atoms with Crippen molar-refractivity contribution in [1.82, 2.24) is 19.2 Å². The van der Waals surface area contributed by atoms with E-state index < -0.39 is 10.7 Å². The van der Waals surface area contributed by atoms with Crippen LogP contribution in [0.3, 0.4) is 0 Å². The summed E-state index contributed by atoms with van der Waals surface area (Å²) < 4.78 is 17.7. The van der Waals surface area contributed by atoms with E-state index in [9.17, 15) is 19.3 Å². The van der Waals surface area contributed by atoms with Crippen LogP contribution in [0.4, 0.5) is 15.8 Å². The lowest BCUT2D eigenvalue weighted by Gasteiger charge is -2.35. The van der Waals surface area contributed by atoms with Crippen molar-refractivity contribution in [2.75, 3.05) is 31.1 Å². The summed E-state index contributed by atoms with van der Waals surface area (Å²) in [7, 11) is 0. The van der Waals surface area contributed by atoms with Crippen molar-refractivity contribution in [3.8, 4) is 11.5 Å². The quantitative estimate of drug-likeness (QED) is 0.335. The summed E-state index contributed by atoms with van der Waals surface area (Å²) in [6, 6.07) is 16.5. The van der Waals surface area contributed by atoms with Crippen LogP contribution < -0.4 is 4.90 Å². The van der Waals surface area contributed by atoms with E-state index >= 15 is 0 Å². The number of halogens is 1. The average Bonchev–Trinajstić information content (AvgIpc) is 3.54. The highest BCUT2D eigenvalue weighted by atomic mass is 19.1. The van der Waals surface area contributed by atoms with Crippen LogP contribution in [0.2, 0.25) is 0 Å². The minimum Gasteiger partial charge on any atom is -0.362 e. The van der Waals surface area contributed by atoms with Crippen LogP contribution in [-0.2, 0) is 0 Å². The number of nitro groups is 1. The molecular weight excluding hydrogens is 439 g/mol. The van der Waals surface area contributed by atoms with Crippen LogP contribution in [0.15, 0.2) is 79.3 Å². The molecule has 0 unspecified atom stereocenters. The molecule has 1 aliphatic heterocycles. The predicted octanol–water partition coefficient (Wildman–Crippen LogP) is 3.67. The Morgan fingerprint density at radius 3 is 2.24 bits per heavy atom. The monoisotopic (exact) mass is 460 g/mol. The minimum atomic E-state index is -0.448. The van der Waals surface area contributed by atoms with Crippen LogP contribution in [-0.4, -0.2) is 56.3 Å². The normalized spacial score (nSPS) is 13.8. The van der Waals surface area contributed by atoms with E-state index in [2.05, 4.69) is 5.10 Å². The summed E-state index contributed by atoms with van der Waals surface area (Å²) >= 11 is 0. The Bertz CT molecular complexity index is 1340. The topological polar surface area (TPSA) is 89.4 Å². The van der Waals surface area contributed by atoms with Crippen molar-refractivity contribution in [3.63, 3.8) is 0 Å². The van der Waals surface area contributed by atoms with E-state index in [-0.39, 0.29) is 17.3 Å². The van der Waals surface area contributed by atoms with E-state index in [0.29, 0.717) is 43.2 Å². The third-order valence-corrected chi connectivity index (χ3v) is 5.89. The first kappa shape index (κ1) is 21.4. The van der Waals surface area contributed by atoms with Crippen LogP contribution in [0.1, 0.15) is 10.4 Å². The van der Waals surface area contributed by atoms with Gasteiger partial charge in [-0.15, -0.1) is 0 Å². The molecule has 10 heteroatoms. The summed E-state index contributed by atoms with van der Waals surface area (Å²) in [6.45, 7) is 1.69. The van der Waals surface area contributed by atoms with Gasteiger partial charge in [0.2, 0.25) is 0 Å². The summed E-state index contributed by atoms with van der Waals surface area (Å²) in [5.74, 6) is -0.231. The van der Waals surface area contributed by atoms with Crippen LogP contribution in [0.5, 0.6) is 0 Å². The van der Waals surface area contributed by atoms with E-state index in [1.807, 2.05) is 17.0 Å². The van der Waals surface area contributed by atoms with Gasteiger partial charge in [-0.2, -0.15) is 5.10 Å². The number of amides is 1. The summed E-state index contributed by atoms with van der Waals surface area (Å²) in [5.41, 5.74) is 1.17. The highest BCUT2D eigenvalue weighted by Gasteiger charge is 2.29. The lowest BCUT2D eigenvalue weighted by atomic mass is 10.2. The van der Waals surface area contributed by atoms with Crippen molar-refractivity contribution in [2.45, 2.75) is 0 Å². The van der Waals surface area contributed by atoms with Gasteiger partial charge in [0.15, 0.2) is 5.82 Å². The molecule has 172 valence electrons. The molecule has 0 atom stereocenters. The molecule has 1 aliphatic rings. The maximum atomic E-state index is 14.5. The van der Waals surface area contributed by atoms with Gasteiger partial charge in [0.05, 0.1) is 11.1 Å². The molecule has 0 saturated carbocycles. The Kier molecular flexibility index (Phi) is 5.54. The number of carbonyl (C=O) groups excluding carboxylic acids is 1. The standard InChI is InChI=1S/C24H21FN6O3/c25-19-7-1-2-8-20(19)30-23(28-11-5-6-12-28)18(17-26-30)24(32)29-15-13-27(14-16-29)21-9-3-4-10-22(21)31(33)34/h1-12,17H,13-16H2. The maximum absolute atomic E-state index is 14.5. The van der Waals surface area contributed by atoms with Gasteiger partial charge >= 0.3 is 0 Å². The number of piperazine rings is 1. The number of carbonyl (C=O) groups is 1. The molecular formula is C24H21FN6O3. The van der Waals surface area contributed by atoms with Crippen molar-refractivity contribution in [1.29, 1.82) is 0 Å². The second-order valence-electron chi connectivity index (χ2n) is 7.86. The van der Waals surface area contributed by atoms with Gasteiger partial charge in [-0.3, -0.25) is 14.9 Å². The molecule has 2 aromatic carbocycles. The molecule has 1 saturated heterocycles. The lowest BCUT2D eigenvalue weighted by molar-refractivity contribution is -0.384. The number of aromatic nitrogens is 3. The first-order chi connectivity index (χ1) is 16.5. The Balaban J connectivity index is 1.42. The highest BCUT2D eigenvalue weighted by Crippen LogP contribution is 2.29.